The molecule has 2 rings (SSSR count). The van der Waals surface area contributed by atoms with Crippen molar-refractivity contribution >= 4 is 12.1 Å². The van der Waals surface area contributed by atoms with Gasteiger partial charge < -0.3 is 14.2 Å². The topological polar surface area (TPSA) is 69.2 Å². The van der Waals surface area contributed by atoms with Crippen LogP contribution >= 0.6 is 0 Å². The minimum atomic E-state index is -0.335. The van der Waals surface area contributed by atoms with E-state index in [2.05, 4.69) is 10.5 Å². The van der Waals surface area contributed by atoms with Crippen molar-refractivity contribution in [1.29, 1.82) is 0 Å². The lowest BCUT2D eigenvalue weighted by Crippen LogP contribution is -2.17. The molecule has 0 aliphatic heterocycles. The van der Waals surface area contributed by atoms with Crippen LogP contribution in [0.15, 0.2) is 47.6 Å². The first kappa shape index (κ1) is 18.3. The average molecular weight is 342 g/mol. The van der Waals surface area contributed by atoms with E-state index in [9.17, 15) is 4.79 Å². The van der Waals surface area contributed by atoms with Gasteiger partial charge in [-0.3, -0.25) is 4.79 Å². The molecule has 0 heterocycles. The van der Waals surface area contributed by atoms with Crippen molar-refractivity contribution < 1.29 is 19.0 Å². The van der Waals surface area contributed by atoms with E-state index in [0.29, 0.717) is 30.3 Å². The number of hydrazone groups is 1. The molecule has 0 aliphatic rings. The van der Waals surface area contributed by atoms with Crippen LogP contribution in [-0.4, -0.2) is 32.4 Å². The highest BCUT2D eigenvalue weighted by Gasteiger charge is 2.10. The Hall–Kier alpha value is -3.02. The lowest BCUT2D eigenvalue weighted by molar-refractivity contribution is 0.0954. The minimum absolute atomic E-state index is 0.335. The first-order chi connectivity index (χ1) is 12.2. The first-order valence-corrected chi connectivity index (χ1v) is 8.05. The number of carbonyl (C=O) groups is 1. The van der Waals surface area contributed by atoms with Crippen LogP contribution in [0.3, 0.4) is 0 Å². The predicted molar refractivity (Wildman–Crippen MR) is 96.8 cm³/mol. The van der Waals surface area contributed by atoms with E-state index in [-0.39, 0.29) is 5.91 Å². The second-order valence-electron chi connectivity index (χ2n) is 5.00. The van der Waals surface area contributed by atoms with Crippen LogP contribution in [0.2, 0.25) is 0 Å². The molecule has 1 amide bonds. The van der Waals surface area contributed by atoms with Crippen molar-refractivity contribution in [3.05, 3.63) is 53.6 Å². The summed E-state index contributed by atoms with van der Waals surface area (Å²) in [5, 5.41) is 3.98. The smallest absolute Gasteiger partial charge is 0.271 e. The molecule has 0 saturated heterocycles. The van der Waals surface area contributed by atoms with Crippen LogP contribution in [-0.2, 0) is 0 Å². The summed E-state index contributed by atoms with van der Waals surface area (Å²) in [6.07, 6.45) is 1.56. The van der Waals surface area contributed by atoms with Gasteiger partial charge in [0, 0.05) is 5.56 Å². The summed E-state index contributed by atoms with van der Waals surface area (Å²) in [6, 6.07) is 12.4. The van der Waals surface area contributed by atoms with Gasteiger partial charge >= 0.3 is 0 Å². The second kappa shape index (κ2) is 9.32. The van der Waals surface area contributed by atoms with Gasteiger partial charge in [0.1, 0.15) is 5.75 Å². The Labute approximate surface area is 147 Å². The number of methoxy groups -OCH3 is 1. The molecule has 0 aliphatic carbocycles. The average Bonchev–Trinajstić information content (AvgIpc) is 2.63. The highest BCUT2D eigenvalue weighted by molar-refractivity contribution is 5.95. The highest BCUT2D eigenvalue weighted by Crippen LogP contribution is 2.27. The Bertz CT molecular complexity index is 744. The molecule has 0 radical (unpaired) electrons. The van der Waals surface area contributed by atoms with E-state index in [0.717, 1.165) is 11.3 Å². The fraction of sp³-hybridized carbons (Fsp3) is 0.263. The molecule has 0 aromatic heterocycles. The van der Waals surface area contributed by atoms with Gasteiger partial charge in [0.05, 0.1) is 26.5 Å². The van der Waals surface area contributed by atoms with Crippen molar-refractivity contribution in [2.45, 2.75) is 13.8 Å². The molecule has 6 nitrogen and oxygen atoms in total. The molecule has 2 aromatic carbocycles. The Morgan fingerprint density at radius 2 is 1.88 bits per heavy atom. The summed E-state index contributed by atoms with van der Waals surface area (Å²) in [7, 11) is 1.53. The number of nitrogens with zero attached hydrogens (tertiary/aromatic N) is 1. The maximum Gasteiger partial charge on any atom is 0.271 e. The number of hydrogen-bond acceptors (Lipinski definition) is 5. The number of nitrogens with one attached hydrogen (secondary N) is 1. The summed E-state index contributed by atoms with van der Waals surface area (Å²) < 4.78 is 16.1. The van der Waals surface area contributed by atoms with Gasteiger partial charge in [0.15, 0.2) is 11.5 Å². The second-order valence-corrected chi connectivity index (χ2v) is 5.00. The zero-order chi connectivity index (χ0) is 18.1. The monoisotopic (exact) mass is 342 g/mol. The third kappa shape index (κ3) is 5.24. The quantitative estimate of drug-likeness (QED) is 0.590. The molecule has 0 unspecified atom stereocenters. The fourth-order valence-electron chi connectivity index (χ4n) is 2.16. The Kier molecular flexibility index (Phi) is 6.83. The van der Waals surface area contributed by atoms with Gasteiger partial charge in [-0.1, -0.05) is 12.1 Å². The van der Waals surface area contributed by atoms with Gasteiger partial charge in [-0.2, -0.15) is 5.10 Å². The molecule has 132 valence electrons. The van der Waals surface area contributed by atoms with Gasteiger partial charge in [-0.05, 0) is 49.7 Å². The number of amides is 1. The predicted octanol–water partition coefficient (Wildman–Crippen LogP) is 3.26. The van der Waals surface area contributed by atoms with E-state index >= 15 is 0 Å². The molecule has 2 aromatic rings. The molecule has 1 N–H and O–H groups in total. The zero-order valence-electron chi connectivity index (χ0n) is 14.6. The molecule has 0 spiro atoms. The van der Waals surface area contributed by atoms with Crippen LogP contribution in [0.5, 0.6) is 17.2 Å². The van der Waals surface area contributed by atoms with Crippen molar-refractivity contribution in [3.63, 3.8) is 0 Å². The maximum absolute atomic E-state index is 12.2. The molecular weight excluding hydrogens is 320 g/mol. The standard InChI is InChI=1S/C19H22N2O4/c1-4-24-16-8-6-7-14(11-16)13-20-21-19(22)15-9-10-17(25-5-2)18(12-15)23-3/h6-13H,4-5H2,1-3H3,(H,21,22)/b20-13+. The number of rotatable bonds is 8. The van der Waals surface area contributed by atoms with E-state index in [1.54, 1.807) is 24.4 Å². The SMILES string of the molecule is CCOc1cccc(/C=N/NC(=O)c2ccc(OCC)c(OC)c2)c1. The largest absolute Gasteiger partial charge is 0.494 e. The molecular formula is C19H22N2O4. The lowest BCUT2D eigenvalue weighted by Gasteiger charge is -2.10. The van der Waals surface area contributed by atoms with Crippen LogP contribution in [0.1, 0.15) is 29.8 Å². The molecule has 0 atom stereocenters. The molecule has 0 bridgehead atoms. The highest BCUT2D eigenvalue weighted by atomic mass is 16.5. The Balaban J connectivity index is 2.03. The summed E-state index contributed by atoms with van der Waals surface area (Å²) in [4.78, 5) is 12.2. The molecule has 25 heavy (non-hydrogen) atoms. The first-order valence-electron chi connectivity index (χ1n) is 8.05. The van der Waals surface area contributed by atoms with Gasteiger partial charge in [0.2, 0.25) is 0 Å². The summed E-state index contributed by atoms with van der Waals surface area (Å²) >= 11 is 0. The molecule has 0 saturated carbocycles. The maximum atomic E-state index is 12.2. The van der Waals surface area contributed by atoms with Gasteiger partial charge in [-0.15, -0.1) is 0 Å². The van der Waals surface area contributed by atoms with Crippen LogP contribution < -0.4 is 19.6 Å². The normalized spacial score (nSPS) is 10.5. The van der Waals surface area contributed by atoms with Crippen LogP contribution in [0.25, 0.3) is 0 Å². The van der Waals surface area contributed by atoms with Crippen molar-refractivity contribution in [1.82, 2.24) is 5.43 Å². The van der Waals surface area contributed by atoms with E-state index in [4.69, 9.17) is 14.2 Å². The van der Waals surface area contributed by atoms with Gasteiger partial charge in [-0.25, -0.2) is 5.43 Å². The van der Waals surface area contributed by atoms with E-state index < -0.39 is 0 Å². The fourth-order valence-corrected chi connectivity index (χ4v) is 2.16. The van der Waals surface area contributed by atoms with Crippen molar-refractivity contribution in [2.75, 3.05) is 20.3 Å². The van der Waals surface area contributed by atoms with E-state index in [1.165, 1.54) is 7.11 Å². The Morgan fingerprint density at radius 1 is 1.08 bits per heavy atom. The zero-order valence-corrected chi connectivity index (χ0v) is 14.6. The van der Waals surface area contributed by atoms with E-state index in [1.807, 2.05) is 38.1 Å². The summed E-state index contributed by atoms with van der Waals surface area (Å²) in [5.74, 6) is 1.52. The van der Waals surface area contributed by atoms with Crippen LogP contribution in [0, 0.1) is 0 Å². The third-order valence-electron chi connectivity index (χ3n) is 3.27. The summed E-state index contributed by atoms with van der Waals surface area (Å²) in [6.45, 7) is 4.92. The van der Waals surface area contributed by atoms with Crippen molar-refractivity contribution in [2.24, 2.45) is 5.10 Å². The number of ether oxygens (including phenoxy) is 3. The van der Waals surface area contributed by atoms with Gasteiger partial charge in [0.25, 0.3) is 5.91 Å². The lowest BCUT2D eigenvalue weighted by atomic mass is 10.2. The number of hydrogen-bond donors (Lipinski definition) is 1. The molecule has 6 heteroatoms. The third-order valence-corrected chi connectivity index (χ3v) is 3.27. The Morgan fingerprint density at radius 3 is 2.60 bits per heavy atom. The number of carbonyl (C=O) groups excluding carboxylic acids is 1. The van der Waals surface area contributed by atoms with Crippen molar-refractivity contribution in [3.8, 4) is 17.2 Å². The van der Waals surface area contributed by atoms with Crippen LogP contribution in [0.4, 0.5) is 0 Å². The number of benzene rings is 2. The molecule has 0 fully saturated rings. The minimum Gasteiger partial charge on any atom is -0.494 e. The summed E-state index contributed by atoms with van der Waals surface area (Å²) in [5.41, 5.74) is 3.76.